The molecule has 2 N–H and O–H groups in total. The van der Waals surface area contributed by atoms with Crippen LogP contribution in [0.5, 0.6) is 0 Å². The second-order valence-corrected chi connectivity index (χ2v) is 7.97. The van der Waals surface area contributed by atoms with Crippen LogP contribution in [0.15, 0.2) is 16.3 Å². The first-order valence-corrected chi connectivity index (χ1v) is 9.58. The summed E-state index contributed by atoms with van der Waals surface area (Å²) < 4.78 is 62.2. The van der Waals surface area contributed by atoms with Crippen molar-refractivity contribution in [1.29, 1.82) is 0 Å². The standard InChI is InChI=1S/C11H17F3N2O2S3/c1-2-4-15-8-9-10(3-6-19-9)21(17,18)16-5-7-20-11(12,13)14/h3,6,15-16H,2,4-5,7-8H2,1H3. The van der Waals surface area contributed by atoms with Gasteiger partial charge in [0, 0.05) is 23.7 Å². The Kier molecular flexibility index (Phi) is 7.48. The fourth-order valence-electron chi connectivity index (χ4n) is 1.50. The van der Waals surface area contributed by atoms with E-state index in [0.29, 0.717) is 11.4 Å². The molecule has 1 rings (SSSR count). The van der Waals surface area contributed by atoms with E-state index in [1.165, 1.54) is 17.4 Å². The summed E-state index contributed by atoms with van der Waals surface area (Å²) in [5, 5.41) is 4.76. The summed E-state index contributed by atoms with van der Waals surface area (Å²) in [6.07, 6.45) is 0.931. The van der Waals surface area contributed by atoms with Gasteiger partial charge in [0.05, 0.1) is 4.90 Å². The Labute approximate surface area is 130 Å². The Morgan fingerprint density at radius 2 is 2.05 bits per heavy atom. The maximum atomic E-state index is 12.0. The van der Waals surface area contributed by atoms with Crippen molar-refractivity contribution in [1.82, 2.24) is 10.0 Å². The normalized spacial score (nSPS) is 12.8. The van der Waals surface area contributed by atoms with E-state index in [1.54, 1.807) is 5.38 Å². The number of nitrogens with one attached hydrogen (secondary N) is 2. The number of thiophene rings is 1. The second kappa shape index (κ2) is 8.37. The molecule has 1 aromatic heterocycles. The molecule has 21 heavy (non-hydrogen) atoms. The van der Waals surface area contributed by atoms with Crippen LogP contribution in [-0.4, -0.2) is 32.8 Å². The minimum Gasteiger partial charge on any atom is -0.312 e. The Balaban J connectivity index is 2.56. The first-order chi connectivity index (χ1) is 9.76. The molecule has 0 bridgehead atoms. The largest absolute Gasteiger partial charge is 0.441 e. The minimum atomic E-state index is -4.34. The van der Waals surface area contributed by atoms with Crippen molar-refractivity contribution in [3.8, 4) is 0 Å². The molecule has 0 spiro atoms. The molecule has 1 aromatic rings. The molecule has 0 aromatic carbocycles. The molecule has 0 fully saturated rings. The monoisotopic (exact) mass is 362 g/mol. The third-order valence-corrected chi connectivity index (χ3v) is 5.70. The van der Waals surface area contributed by atoms with E-state index < -0.39 is 15.5 Å². The minimum absolute atomic E-state index is 0.133. The van der Waals surface area contributed by atoms with Gasteiger partial charge in [-0.3, -0.25) is 0 Å². The zero-order chi connectivity index (χ0) is 15.9. The maximum absolute atomic E-state index is 12.0. The van der Waals surface area contributed by atoms with Gasteiger partial charge in [-0.25, -0.2) is 13.1 Å². The van der Waals surface area contributed by atoms with E-state index in [-0.39, 0.29) is 29.0 Å². The summed E-state index contributed by atoms with van der Waals surface area (Å²) in [7, 11) is -3.76. The van der Waals surface area contributed by atoms with E-state index in [2.05, 4.69) is 10.0 Å². The van der Waals surface area contributed by atoms with Crippen molar-refractivity contribution in [3.63, 3.8) is 0 Å². The zero-order valence-electron chi connectivity index (χ0n) is 11.4. The van der Waals surface area contributed by atoms with Crippen molar-refractivity contribution in [2.45, 2.75) is 30.3 Å². The predicted octanol–water partition coefficient (Wildman–Crippen LogP) is 2.78. The van der Waals surface area contributed by atoms with Crippen LogP contribution in [0.2, 0.25) is 0 Å². The molecular formula is C11H17F3N2O2S3. The molecule has 0 unspecified atom stereocenters. The van der Waals surface area contributed by atoms with E-state index in [1.807, 2.05) is 6.92 Å². The number of sulfonamides is 1. The number of alkyl halides is 3. The third kappa shape index (κ3) is 7.00. The lowest BCUT2D eigenvalue weighted by Gasteiger charge is -2.09. The number of halogens is 3. The van der Waals surface area contributed by atoms with Crippen LogP contribution in [0.4, 0.5) is 13.2 Å². The van der Waals surface area contributed by atoms with Gasteiger partial charge >= 0.3 is 5.51 Å². The summed E-state index contributed by atoms with van der Waals surface area (Å²) in [4.78, 5) is 0.785. The van der Waals surface area contributed by atoms with Crippen molar-refractivity contribution < 1.29 is 21.6 Å². The molecule has 0 saturated heterocycles. The molecule has 4 nitrogen and oxygen atoms in total. The average Bonchev–Trinajstić information content (AvgIpc) is 2.83. The SMILES string of the molecule is CCCNCc1sccc1S(=O)(=O)NCCSC(F)(F)F. The van der Waals surface area contributed by atoms with Crippen molar-refractivity contribution in [2.75, 3.05) is 18.8 Å². The number of hydrogen-bond donors (Lipinski definition) is 2. The summed E-state index contributed by atoms with van der Waals surface area (Å²) in [6.45, 7) is 2.94. The first kappa shape index (κ1) is 18.8. The summed E-state index contributed by atoms with van der Waals surface area (Å²) in [6, 6.07) is 1.47. The highest BCUT2D eigenvalue weighted by Crippen LogP contribution is 2.29. The number of thioether (sulfide) groups is 1. The van der Waals surface area contributed by atoms with Crippen LogP contribution in [0.3, 0.4) is 0 Å². The van der Waals surface area contributed by atoms with Gasteiger partial charge in [-0.05, 0) is 36.2 Å². The van der Waals surface area contributed by atoms with Gasteiger partial charge < -0.3 is 5.32 Å². The molecule has 10 heteroatoms. The van der Waals surface area contributed by atoms with Crippen LogP contribution in [0.1, 0.15) is 18.2 Å². The van der Waals surface area contributed by atoms with Gasteiger partial charge in [0.2, 0.25) is 10.0 Å². The fraction of sp³-hybridized carbons (Fsp3) is 0.636. The van der Waals surface area contributed by atoms with Crippen LogP contribution in [-0.2, 0) is 16.6 Å². The van der Waals surface area contributed by atoms with E-state index >= 15 is 0 Å². The lowest BCUT2D eigenvalue weighted by atomic mass is 10.4. The zero-order valence-corrected chi connectivity index (χ0v) is 13.8. The fourth-order valence-corrected chi connectivity index (χ4v) is 4.50. The van der Waals surface area contributed by atoms with Crippen LogP contribution in [0.25, 0.3) is 0 Å². The first-order valence-electron chi connectivity index (χ1n) is 6.23. The van der Waals surface area contributed by atoms with E-state index in [0.717, 1.165) is 13.0 Å². The Morgan fingerprint density at radius 1 is 1.33 bits per heavy atom. The van der Waals surface area contributed by atoms with Crippen LogP contribution in [0, 0.1) is 0 Å². The highest BCUT2D eigenvalue weighted by molar-refractivity contribution is 8.00. The molecular weight excluding hydrogens is 345 g/mol. The quantitative estimate of drug-likeness (QED) is 0.663. The lowest BCUT2D eigenvalue weighted by molar-refractivity contribution is -0.0327. The summed E-state index contributed by atoms with van der Waals surface area (Å²) in [5.74, 6) is -0.351. The van der Waals surface area contributed by atoms with E-state index in [4.69, 9.17) is 0 Å². The molecule has 122 valence electrons. The van der Waals surface area contributed by atoms with Crippen LogP contribution < -0.4 is 10.0 Å². The van der Waals surface area contributed by atoms with Crippen molar-refractivity contribution in [2.24, 2.45) is 0 Å². The number of rotatable bonds is 9. The highest BCUT2D eigenvalue weighted by Gasteiger charge is 2.28. The highest BCUT2D eigenvalue weighted by atomic mass is 32.2. The maximum Gasteiger partial charge on any atom is 0.441 e. The molecule has 1 heterocycles. The topological polar surface area (TPSA) is 58.2 Å². The summed E-state index contributed by atoms with van der Waals surface area (Å²) in [5.41, 5.74) is -4.34. The Bertz CT molecular complexity index is 529. The van der Waals surface area contributed by atoms with Gasteiger partial charge in [-0.1, -0.05) is 6.92 Å². The number of hydrogen-bond acceptors (Lipinski definition) is 5. The molecule has 0 aliphatic rings. The molecule has 0 aliphatic carbocycles. The predicted molar refractivity (Wildman–Crippen MR) is 80.0 cm³/mol. The van der Waals surface area contributed by atoms with E-state index in [9.17, 15) is 21.6 Å². The van der Waals surface area contributed by atoms with Gasteiger partial charge in [0.1, 0.15) is 0 Å². The molecule has 0 amide bonds. The second-order valence-electron chi connectivity index (χ2n) is 4.08. The van der Waals surface area contributed by atoms with Crippen molar-refractivity contribution >= 4 is 33.1 Å². The van der Waals surface area contributed by atoms with Gasteiger partial charge in [0.15, 0.2) is 0 Å². The molecule has 0 saturated carbocycles. The van der Waals surface area contributed by atoms with Gasteiger partial charge in [0.25, 0.3) is 0 Å². The lowest BCUT2D eigenvalue weighted by Crippen LogP contribution is -2.27. The average molecular weight is 362 g/mol. The smallest absolute Gasteiger partial charge is 0.312 e. The van der Waals surface area contributed by atoms with Crippen LogP contribution >= 0.6 is 23.1 Å². The van der Waals surface area contributed by atoms with Gasteiger partial charge in [-0.15, -0.1) is 11.3 Å². The Morgan fingerprint density at radius 3 is 2.67 bits per heavy atom. The third-order valence-electron chi connectivity index (χ3n) is 2.37. The molecule has 0 radical (unpaired) electrons. The summed E-state index contributed by atoms with van der Waals surface area (Å²) >= 11 is 1.06. The van der Waals surface area contributed by atoms with Gasteiger partial charge in [-0.2, -0.15) is 13.2 Å². The van der Waals surface area contributed by atoms with Crippen molar-refractivity contribution in [3.05, 3.63) is 16.3 Å². The molecule has 0 aliphatic heterocycles. The molecule has 0 atom stereocenters. The Hall–Kier alpha value is -0.290.